The van der Waals surface area contributed by atoms with Crippen LogP contribution in [0.1, 0.15) is 16.8 Å². The van der Waals surface area contributed by atoms with E-state index in [1.807, 2.05) is 18.2 Å². The van der Waals surface area contributed by atoms with Gasteiger partial charge in [0.15, 0.2) is 0 Å². The number of aliphatic hydroxyl groups is 1. The van der Waals surface area contributed by atoms with Crippen LogP contribution in [-0.2, 0) is 0 Å². The lowest BCUT2D eigenvalue weighted by Gasteiger charge is -2.08. The third-order valence-corrected chi connectivity index (χ3v) is 2.52. The first-order chi connectivity index (χ1) is 8.19. The summed E-state index contributed by atoms with van der Waals surface area (Å²) in [6, 6.07) is 9.39. The quantitative estimate of drug-likeness (QED) is 0.793. The molecule has 1 heterocycles. The molecule has 0 fully saturated rings. The van der Waals surface area contributed by atoms with Crippen LogP contribution in [0.3, 0.4) is 0 Å². The highest BCUT2D eigenvalue weighted by Gasteiger charge is 2.13. The van der Waals surface area contributed by atoms with Gasteiger partial charge >= 0.3 is 0 Å². The van der Waals surface area contributed by atoms with Gasteiger partial charge in [-0.1, -0.05) is 37.4 Å². The van der Waals surface area contributed by atoms with Crippen LogP contribution in [0.15, 0.2) is 37.4 Å². The molecule has 0 bridgehead atoms. The fraction of sp³-hybridized carbons (Fsp3) is 0. The Balaban J connectivity index is 3.00. The van der Waals surface area contributed by atoms with Crippen molar-refractivity contribution < 1.29 is 5.11 Å². The average Bonchev–Trinajstić information content (AvgIpc) is 2.36. The van der Waals surface area contributed by atoms with E-state index in [0.717, 1.165) is 5.39 Å². The number of pyridine rings is 1. The van der Waals surface area contributed by atoms with Crippen molar-refractivity contribution in [2.24, 2.45) is 0 Å². The molecule has 3 nitrogen and oxygen atoms in total. The lowest BCUT2D eigenvalue weighted by molar-refractivity contribution is 0.510. The molecule has 1 aromatic carbocycles. The number of nitriles is 1. The van der Waals surface area contributed by atoms with Gasteiger partial charge in [0.05, 0.1) is 11.1 Å². The predicted molar refractivity (Wildman–Crippen MR) is 68.2 cm³/mol. The number of para-hydroxylation sites is 1. The monoisotopic (exact) mass is 222 g/mol. The van der Waals surface area contributed by atoms with Crippen LogP contribution in [0.25, 0.3) is 22.7 Å². The Hall–Kier alpha value is -2.60. The topological polar surface area (TPSA) is 56.9 Å². The minimum atomic E-state index is -0.165. The molecule has 0 spiro atoms. The summed E-state index contributed by atoms with van der Waals surface area (Å²) >= 11 is 0. The molecule has 3 heteroatoms. The SMILES string of the molecule is C=Cc1c(C(=C)O)nc2ccccc2c1C#N. The number of hydrogen-bond donors (Lipinski definition) is 1. The maximum atomic E-state index is 9.50. The van der Waals surface area contributed by atoms with E-state index in [1.165, 1.54) is 6.08 Å². The molecule has 0 amide bonds. The molecule has 0 radical (unpaired) electrons. The summed E-state index contributed by atoms with van der Waals surface area (Å²) < 4.78 is 0. The van der Waals surface area contributed by atoms with Gasteiger partial charge in [-0.3, -0.25) is 0 Å². The molecule has 1 aromatic heterocycles. The van der Waals surface area contributed by atoms with Crippen LogP contribution >= 0.6 is 0 Å². The highest BCUT2D eigenvalue weighted by Crippen LogP contribution is 2.26. The molecule has 0 aliphatic carbocycles. The zero-order valence-corrected chi connectivity index (χ0v) is 9.14. The van der Waals surface area contributed by atoms with Crippen molar-refractivity contribution >= 4 is 22.7 Å². The van der Waals surface area contributed by atoms with Crippen molar-refractivity contribution in [1.82, 2.24) is 4.98 Å². The van der Waals surface area contributed by atoms with Crippen LogP contribution in [0.2, 0.25) is 0 Å². The Bertz CT molecular complexity index is 666. The van der Waals surface area contributed by atoms with Crippen molar-refractivity contribution in [3.8, 4) is 6.07 Å². The van der Waals surface area contributed by atoms with Gasteiger partial charge in [0.2, 0.25) is 0 Å². The lowest BCUT2D eigenvalue weighted by atomic mass is 10.0. The zero-order valence-electron chi connectivity index (χ0n) is 9.14. The number of nitrogens with zero attached hydrogens (tertiary/aromatic N) is 2. The Kier molecular flexibility index (Phi) is 2.63. The van der Waals surface area contributed by atoms with E-state index < -0.39 is 0 Å². The van der Waals surface area contributed by atoms with Gasteiger partial charge in [0.1, 0.15) is 17.5 Å². The Morgan fingerprint density at radius 3 is 2.71 bits per heavy atom. The molecule has 0 aliphatic rings. The number of benzene rings is 1. The fourth-order valence-corrected chi connectivity index (χ4v) is 1.77. The van der Waals surface area contributed by atoms with Gasteiger partial charge in [-0.05, 0) is 6.07 Å². The van der Waals surface area contributed by atoms with Crippen LogP contribution in [0.4, 0.5) is 0 Å². The molecule has 2 rings (SSSR count). The first-order valence-corrected chi connectivity index (χ1v) is 5.02. The minimum Gasteiger partial charge on any atom is -0.506 e. The van der Waals surface area contributed by atoms with Gasteiger partial charge < -0.3 is 5.11 Å². The standard InChI is InChI=1S/C14H10N2O/c1-3-10-12(8-15)11-6-4-5-7-13(11)16-14(10)9(2)17/h3-7,17H,1-2H2. The van der Waals surface area contributed by atoms with Crippen molar-refractivity contribution in [1.29, 1.82) is 5.26 Å². The van der Waals surface area contributed by atoms with E-state index in [1.54, 1.807) is 6.07 Å². The van der Waals surface area contributed by atoms with Crippen molar-refractivity contribution in [2.75, 3.05) is 0 Å². The number of aliphatic hydroxyl groups excluding tert-OH is 1. The third kappa shape index (κ3) is 1.66. The average molecular weight is 222 g/mol. The molecule has 0 unspecified atom stereocenters. The Morgan fingerprint density at radius 2 is 2.12 bits per heavy atom. The maximum absolute atomic E-state index is 9.50. The van der Waals surface area contributed by atoms with Gasteiger partial charge in [-0.2, -0.15) is 5.26 Å². The second-order valence-corrected chi connectivity index (χ2v) is 3.53. The molecule has 0 atom stereocenters. The molecule has 82 valence electrons. The molecular weight excluding hydrogens is 212 g/mol. The molecule has 0 aliphatic heterocycles. The summed E-state index contributed by atoms with van der Waals surface area (Å²) in [4.78, 5) is 4.28. The second-order valence-electron chi connectivity index (χ2n) is 3.53. The Labute approximate surface area is 99.0 Å². The second kappa shape index (κ2) is 4.11. The van der Waals surface area contributed by atoms with E-state index in [0.29, 0.717) is 22.3 Å². The summed E-state index contributed by atoms with van der Waals surface area (Å²) in [7, 11) is 0. The van der Waals surface area contributed by atoms with Gasteiger partial charge in [-0.15, -0.1) is 0 Å². The van der Waals surface area contributed by atoms with E-state index >= 15 is 0 Å². The van der Waals surface area contributed by atoms with Crippen LogP contribution in [0, 0.1) is 11.3 Å². The summed E-state index contributed by atoms with van der Waals surface area (Å²) in [6.07, 6.45) is 1.51. The number of fused-ring (bicyclic) bond motifs is 1. The van der Waals surface area contributed by atoms with E-state index in [4.69, 9.17) is 0 Å². The van der Waals surface area contributed by atoms with Crippen LogP contribution in [0.5, 0.6) is 0 Å². The summed E-state index contributed by atoms with van der Waals surface area (Å²) in [5.41, 5.74) is 1.92. The summed E-state index contributed by atoms with van der Waals surface area (Å²) in [5.74, 6) is -0.165. The van der Waals surface area contributed by atoms with E-state index in [2.05, 4.69) is 24.2 Å². The highest BCUT2D eigenvalue weighted by molar-refractivity contribution is 5.90. The van der Waals surface area contributed by atoms with Crippen molar-refractivity contribution in [2.45, 2.75) is 0 Å². The number of aromatic nitrogens is 1. The van der Waals surface area contributed by atoms with Gasteiger partial charge in [0.25, 0.3) is 0 Å². The van der Waals surface area contributed by atoms with E-state index in [-0.39, 0.29) is 5.76 Å². The van der Waals surface area contributed by atoms with Crippen molar-refractivity contribution in [3.05, 3.63) is 54.2 Å². The normalized spacial score (nSPS) is 9.82. The van der Waals surface area contributed by atoms with Gasteiger partial charge in [-0.25, -0.2) is 4.98 Å². The lowest BCUT2D eigenvalue weighted by Crippen LogP contribution is -1.97. The molecular formula is C14H10N2O. The molecule has 0 saturated heterocycles. The Morgan fingerprint density at radius 1 is 1.41 bits per heavy atom. The fourth-order valence-electron chi connectivity index (χ4n) is 1.77. The summed E-state index contributed by atoms with van der Waals surface area (Å²) in [6.45, 7) is 7.10. The molecule has 0 saturated carbocycles. The molecule has 2 aromatic rings. The van der Waals surface area contributed by atoms with Gasteiger partial charge in [0, 0.05) is 10.9 Å². The van der Waals surface area contributed by atoms with Crippen molar-refractivity contribution in [3.63, 3.8) is 0 Å². The largest absolute Gasteiger partial charge is 0.506 e. The number of rotatable bonds is 2. The molecule has 17 heavy (non-hydrogen) atoms. The van der Waals surface area contributed by atoms with Crippen LogP contribution in [-0.4, -0.2) is 10.1 Å². The minimum absolute atomic E-state index is 0.165. The van der Waals surface area contributed by atoms with Crippen LogP contribution < -0.4 is 0 Å². The first-order valence-electron chi connectivity index (χ1n) is 5.02. The van der Waals surface area contributed by atoms with E-state index in [9.17, 15) is 10.4 Å². The third-order valence-electron chi connectivity index (χ3n) is 2.52. The smallest absolute Gasteiger partial charge is 0.134 e. The first kappa shape index (κ1) is 10.9. The maximum Gasteiger partial charge on any atom is 0.134 e. The predicted octanol–water partition coefficient (Wildman–Crippen LogP) is 3.28. The number of hydrogen-bond acceptors (Lipinski definition) is 3. The molecule has 1 N–H and O–H groups in total. The zero-order chi connectivity index (χ0) is 12.4. The summed E-state index contributed by atoms with van der Waals surface area (Å²) in [5, 5.41) is 19.5. The highest BCUT2D eigenvalue weighted by atomic mass is 16.3.